The van der Waals surface area contributed by atoms with Crippen molar-refractivity contribution in [3.8, 4) is 0 Å². The van der Waals surface area contributed by atoms with E-state index in [0.29, 0.717) is 11.5 Å². The van der Waals surface area contributed by atoms with Crippen LogP contribution in [0.15, 0.2) is 42.9 Å². The predicted molar refractivity (Wildman–Crippen MR) is 104 cm³/mol. The number of carbonyl (C=O) groups excluding carboxylic acids is 1. The van der Waals surface area contributed by atoms with E-state index < -0.39 is 11.8 Å². The maximum Gasteiger partial charge on any atom is 0.509 e. The monoisotopic (exact) mass is 397 g/mol. The van der Waals surface area contributed by atoms with Crippen LogP contribution < -0.4 is 5.73 Å². The standard InChI is InChI=1S/C20H23N5O4/c1-20(2,17-5-3-4-10-22-17)29-19(26)27-11-13-6-9-16(28-13)14-7-8-15-18(21)23-12-24-25(14)15/h3-5,7-8,10,12-13,16H,6,9,11H2,1-2H3,(H2,21,23,24). The van der Waals surface area contributed by atoms with E-state index in [1.54, 1.807) is 36.7 Å². The van der Waals surface area contributed by atoms with E-state index >= 15 is 0 Å². The van der Waals surface area contributed by atoms with Gasteiger partial charge in [-0.1, -0.05) is 6.07 Å². The normalized spacial score (nSPS) is 19.4. The molecule has 2 N–H and O–H groups in total. The summed E-state index contributed by atoms with van der Waals surface area (Å²) in [6, 6.07) is 9.25. The lowest BCUT2D eigenvalue weighted by Gasteiger charge is -2.24. The molecule has 0 spiro atoms. The van der Waals surface area contributed by atoms with Crippen molar-refractivity contribution in [2.75, 3.05) is 12.3 Å². The highest BCUT2D eigenvalue weighted by atomic mass is 16.7. The molecule has 3 aromatic rings. The first-order valence-corrected chi connectivity index (χ1v) is 9.45. The fraction of sp³-hybridized carbons (Fsp3) is 0.400. The Bertz CT molecular complexity index is 1000. The van der Waals surface area contributed by atoms with Crippen LogP contribution in [-0.4, -0.2) is 38.4 Å². The summed E-state index contributed by atoms with van der Waals surface area (Å²) < 4.78 is 18.5. The summed E-state index contributed by atoms with van der Waals surface area (Å²) >= 11 is 0. The van der Waals surface area contributed by atoms with Crippen LogP contribution in [0.25, 0.3) is 5.52 Å². The minimum absolute atomic E-state index is 0.119. The van der Waals surface area contributed by atoms with Crippen LogP contribution in [-0.2, 0) is 19.8 Å². The molecule has 3 aromatic heterocycles. The Morgan fingerprint density at radius 3 is 2.93 bits per heavy atom. The van der Waals surface area contributed by atoms with Crippen molar-refractivity contribution in [3.05, 3.63) is 54.2 Å². The first-order chi connectivity index (χ1) is 13.9. The number of rotatable bonds is 5. The molecule has 0 bridgehead atoms. The predicted octanol–water partition coefficient (Wildman–Crippen LogP) is 3.02. The molecule has 0 radical (unpaired) electrons. The summed E-state index contributed by atoms with van der Waals surface area (Å²) in [6.45, 7) is 3.65. The van der Waals surface area contributed by atoms with Crippen molar-refractivity contribution < 1.29 is 19.0 Å². The van der Waals surface area contributed by atoms with Gasteiger partial charge in [0.25, 0.3) is 0 Å². The number of carbonyl (C=O) groups is 1. The lowest BCUT2D eigenvalue weighted by Crippen LogP contribution is -2.28. The van der Waals surface area contributed by atoms with E-state index in [2.05, 4.69) is 15.1 Å². The Morgan fingerprint density at radius 2 is 2.14 bits per heavy atom. The quantitative estimate of drug-likeness (QED) is 0.654. The third-order valence-corrected chi connectivity index (χ3v) is 4.96. The number of aromatic nitrogens is 4. The number of nitrogens with zero attached hydrogens (tertiary/aromatic N) is 4. The smallest absolute Gasteiger partial charge is 0.432 e. The second-order valence-corrected chi connectivity index (χ2v) is 7.41. The number of fused-ring (bicyclic) bond motifs is 1. The van der Waals surface area contributed by atoms with Crippen molar-refractivity contribution in [1.29, 1.82) is 0 Å². The molecule has 2 unspecified atom stereocenters. The maximum atomic E-state index is 12.1. The SMILES string of the molecule is CC(C)(OC(=O)OCC1CCC(c2ccc3c(N)ncnn23)O1)c1ccccn1. The first kappa shape index (κ1) is 19.1. The van der Waals surface area contributed by atoms with E-state index in [9.17, 15) is 4.79 Å². The summed E-state index contributed by atoms with van der Waals surface area (Å²) in [6.07, 6.45) is 3.51. The Morgan fingerprint density at radius 1 is 1.28 bits per heavy atom. The van der Waals surface area contributed by atoms with Gasteiger partial charge >= 0.3 is 6.16 Å². The average Bonchev–Trinajstić information content (AvgIpc) is 3.34. The summed E-state index contributed by atoms with van der Waals surface area (Å²) in [4.78, 5) is 20.4. The van der Waals surface area contributed by atoms with Crippen LogP contribution in [0, 0.1) is 0 Å². The van der Waals surface area contributed by atoms with Gasteiger partial charge in [0.05, 0.1) is 17.5 Å². The fourth-order valence-electron chi connectivity index (χ4n) is 3.43. The third-order valence-electron chi connectivity index (χ3n) is 4.96. The van der Waals surface area contributed by atoms with Gasteiger partial charge in [-0.2, -0.15) is 5.10 Å². The molecule has 0 saturated carbocycles. The fourth-order valence-corrected chi connectivity index (χ4v) is 3.43. The third kappa shape index (κ3) is 4.00. The van der Waals surface area contributed by atoms with Gasteiger partial charge in [-0.3, -0.25) is 4.98 Å². The number of pyridine rings is 1. The van der Waals surface area contributed by atoms with Crippen LogP contribution >= 0.6 is 0 Å². The second kappa shape index (κ2) is 7.67. The van der Waals surface area contributed by atoms with E-state index in [4.69, 9.17) is 19.9 Å². The minimum Gasteiger partial charge on any atom is -0.432 e. The average molecular weight is 397 g/mol. The number of ether oxygens (including phenoxy) is 3. The first-order valence-electron chi connectivity index (χ1n) is 9.45. The van der Waals surface area contributed by atoms with E-state index in [-0.39, 0.29) is 18.8 Å². The van der Waals surface area contributed by atoms with E-state index in [0.717, 1.165) is 24.1 Å². The molecule has 152 valence electrons. The van der Waals surface area contributed by atoms with Gasteiger partial charge in [-0.15, -0.1) is 0 Å². The molecule has 29 heavy (non-hydrogen) atoms. The zero-order valence-corrected chi connectivity index (χ0v) is 16.3. The van der Waals surface area contributed by atoms with Gasteiger partial charge in [-0.05, 0) is 51.0 Å². The Kier molecular flexibility index (Phi) is 5.06. The van der Waals surface area contributed by atoms with E-state index in [1.165, 1.54) is 6.33 Å². The number of hydrogen-bond acceptors (Lipinski definition) is 8. The molecule has 0 aliphatic carbocycles. The highest BCUT2D eigenvalue weighted by molar-refractivity contribution is 5.65. The lowest BCUT2D eigenvalue weighted by atomic mass is 10.0. The molecule has 4 rings (SSSR count). The minimum atomic E-state index is -0.887. The maximum absolute atomic E-state index is 12.1. The van der Waals surface area contributed by atoms with Crippen molar-refractivity contribution in [2.45, 2.75) is 44.5 Å². The Balaban J connectivity index is 1.32. The molecular weight excluding hydrogens is 374 g/mol. The molecule has 4 heterocycles. The zero-order chi connectivity index (χ0) is 20.4. The van der Waals surface area contributed by atoms with Crippen LogP contribution in [0.4, 0.5) is 10.6 Å². The number of hydrogen-bond donors (Lipinski definition) is 1. The molecular formula is C20H23N5O4. The Labute approximate surface area is 167 Å². The topological polar surface area (TPSA) is 114 Å². The van der Waals surface area contributed by atoms with Crippen LogP contribution in [0.3, 0.4) is 0 Å². The van der Waals surface area contributed by atoms with Crippen LogP contribution in [0.1, 0.15) is 44.2 Å². The van der Waals surface area contributed by atoms with E-state index in [1.807, 2.05) is 18.2 Å². The number of nitrogen functional groups attached to an aromatic ring is 1. The number of anilines is 1. The second-order valence-electron chi connectivity index (χ2n) is 7.41. The van der Waals surface area contributed by atoms with Gasteiger partial charge < -0.3 is 19.9 Å². The van der Waals surface area contributed by atoms with Crippen molar-refractivity contribution in [3.63, 3.8) is 0 Å². The highest BCUT2D eigenvalue weighted by Gasteiger charge is 2.32. The molecule has 9 nitrogen and oxygen atoms in total. The zero-order valence-electron chi connectivity index (χ0n) is 16.3. The van der Waals surface area contributed by atoms with Gasteiger partial charge in [0, 0.05) is 6.20 Å². The summed E-state index contributed by atoms with van der Waals surface area (Å²) in [5.41, 5.74) is 7.28. The summed E-state index contributed by atoms with van der Waals surface area (Å²) in [7, 11) is 0. The molecule has 0 amide bonds. The van der Waals surface area contributed by atoms with Crippen molar-refractivity contribution in [2.24, 2.45) is 0 Å². The molecule has 1 aliphatic rings. The molecule has 1 fully saturated rings. The van der Waals surface area contributed by atoms with Gasteiger partial charge in [-0.25, -0.2) is 14.3 Å². The van der Waals surface area contributed by atoms with Crippen LogP contribution in [0.5, 0.6) is 0 Å². The summed E-state index contributed by atoms with van der Waals surface area (Å²) in [5, 5.41) is 4.25. The molecule has 1 aliphatic heterocycles. The molecule has 0 aromatic carbocycles. The van der Waals surface area contributed by atoms with Gasteiger partial charge in [0.2, 0.25) is 0 Å². The molecule has 9 heteroatoms. The van der Waals surface area contributed by atoms with Crippen LogP contribution in [0.2, 0.25) is 0 Å². The summed E-state index contributed by atoms with van der Waals surface area (Å²) in [5.74, 6) is 0.419. The Hall–Kier alpha value is -3.20. The number of nitrogens with two attached hydrogens (primary N) is 1. The van der Waals surface area contributed by atoms with Gasteiger partial charge in [0.1, 0.15) is 24.6 Å². The van der Waals surface area contributed by atoms with Crippen molar-refractivity contribution >= 4 is 17.5 Å². The van der Waals surface area contributed by atoms with Gasteiger partial charge in [0.15, 0.2) is 11.4 Å². The largest absolute Gasteiger partial charge is 0.509 e. The lowest BCUT2D eigenvalue weighted by molar-refractivity contribution is -0.0489. The molecule has 2 atom stereocenters. The highest BCUT2D eigenvalue weighted by Crippen LogP contribution is 2.34. The van der Waals surface area contributed by atoms with Crippen molar-refractivity contribution in [1.82, 2.24) is 19.6 Å². The molecule has 1 saturated heterocycles.